The van der Waals surface area contributed by atoms with Crippen LogP contribution in [-0.4, -0.2) is 31.9 Å². The number of phenolic OH excluding ortho intramolecular Hbond substituents is 1. The number of carbonyl (C=O) groups excluding carboxylic acids is 2. The van der Waals surface area contributed by atoms with Gasteiger partial charge in [-0.15, -0.1) is 0 Å². The highest BCUT2D eigenvalue weighted by Gasteiger charge is 2.15. The molecule has 0 unspecified atom stereocenters. The molecule has 10 heteroatoms. The number of hydrogen-bond acceptors (Lipinski definition) is 5. The van der Waals surface area contributed by atoms with Crippen LogP contribution >= 0.6 is 0 Å². The normalized spacial score (nSPS) is 11.0. The number of hydrogen-bond donors (Lipinski definition) is 4. The third kappa shape index (κ3) is 5.26. The van der Waals surface area contributed by atoms with E-state index in [1.807, 2.05) is 0 Å². The smallest absolute Gasteiger partial charge is 0.273 e. The fourth-order valence-electron chi connectivity index (χ4n) is 1.92. The van der Waals surface area contributed by atoms with E-state index in [1.165, 1.54) is 18.2 Å². The van der Waals surface area contributed by atoms with E-state index in [9.17, 15) is 27.5 Å². The maximum atomic E-state index is 12.8. The molecule has 4 N–H and O–H groups in total. The minimum Gasteiger partial charge on any atom is -0.507 e. The summed E-state index contributed by atoms with van der Waals surface area (Å²) in [6, 6.07) is 9.99. The van der Waals surface area contributed by atoms with Crippen LogP contribution in [0.4, 0.5) is 4.39 Å². The number of phenols is 1. The summed E-state index contributed by atoms with van der Waals surface area (Å²) < 4.78 is 38.9. The zero-order chi connectivity index (χ0) is 19.2. The van der Waals surface area contributed by atoms with E-state index < -0.39 is 27.7 Å². The molecule has 0 spiro atoms. The van der Waals surface area contributed by atoms with Crippen molar-refractivity contribution >= 4 is 21.8 Å². The van der Waals surface area contributed by atoms with Gasteiger partial charge in [0, 0.05) is 13.0 Å². The second-order valence-corrected chi connectivity index (χ2v) is 6.89. The summed E-state index contributed by atoms with van der Waals surface area (Å²) in [5.74, 6) is -2.17. The third-order valence-electron chi connectivity index (χ3n) is 3.23. The molecule has 0 saturated carbocycles. The Balaban J connectivity index is 1.79. The van der Waals surface area contributed by atoms with Crippen molar-refractivity contribution in [1.82, 2.24) is 15.6 Å². The van der Waals surface area contributed by atoms with Crippen LogP contribution in [0.3, 0.4) is 0 Å². The van der Waals surface area contributed by atoms with Gasteiger partial charge < -0.3 is 5.11 Å². The van der Waals surface area contributed by atoms with Crippen LogP contribution in [-0.2, 0) is 14.8 Å². The van der Waals surface area contributed by atoms with E-state index in [4.69, 9.17) is 0 Å². The summed E-state index contributed by atoms with van der Waals surface area (Å²) in [5, 5.41) is 9.53. The van der Waals surface area contributed by atoms with Crippen molar-refractivity contribution < 1.29 is 27.5 Å². The van der Waals surface area contributed by atoms with Crippen molar-refractivity contribution in [3.63, 3.8) is 0 Å². The van der Waals surface area contributed by atoms with Crippen LogP contribution in [0.2, 0.25) is 0 Å². The van der Waals surface area contributed by atoms with Gasteiger partial charge in [0.15, 0.2) is 0 Å². The molecule has 0 fully saturated rings. The molecule has 0 aliphatic heterocycles. The summed E-state index contributed by atoms with van der Waals surface area (Å²) in [5.41, 5.74) is 4.19. The molecule has 2 aromatic rings. The molecule has 0 aliphatic carbocycles. The molecule has 0 atom stereocenters. The molecule has 0 aliphatic rings. The van der Waals surface area contributed by atoms with Crippen LogP contribution in [0.1, 0.15) is 16.8 Å². The van der Waals surface area contributed by atoms with Crippen LogP contribution < -0.4 is 15.6 Å². The molecule has 0 aromatic heterocycles. The number of aromatic hydroxyl groups is 1. The Morgan fingerprint density at radius 1 is 1.00 bits per heavy atom. The zero-order valence-corrected chi connectivity index (χ0v) is 14.2. The highest BCUT2D eigenvalue weighted by Crippen LogP contribution is 2.14. The Labute approximate surface area is 149 Å². The van der Waals surface area contributed by atoms with Crippen LogP contribution in [0, 0.1) is 5.82 Å². The van der Waals surface area contributed by atoms with Crippen molar-refractivity contribution in [3.8, 4) is 5.75 Å². The number of amides is 2. The lowest BCUT2D eigenvalue weighted by atomic mass is 10.2. The molecule has 2 rings (SSSR count). The predicted octanol–water partition coefficient (Wildman–Crippen LogP) is 0.661. The first-order chi connectivity index (χ1) is 12.3. The molecule has 0 bridgehead atoms. The van der Waals surface area contributed by atoms with Gasteiger partial charge in [-0.05, 0) is 36.4 Å². The number of sulfonamides is 1. The van der Waals surface area contributed by atoms with Gasteiger partial charge in [0.1, 0.15) is 11.6 Å². The minimum absolute atomic E-state index is 0.0233. The second-order valence-electron chi connectivity index (χ2n) is 5.12. The minimum atomic E-state index is -3.87. The molecule has 0 radical (unpaired) electrons. The highest BCUT2D eigenvalue weighted by molar-refractivity contribution is 7.89. The molecule has 26 heavy (non-hydrogen) atoms. The quantitative estimate of drug-likeness (QED) is 0.547. The largest absolute Gasteiger partial charge is 0.507 e. The maximum Gasteiger partial charge on any atom is 0.273 e. The molecular weight excluding hydrogens is 365 g/mol. The van der Waals surface area contributed by atoms with E-state index in [-0.39, 0.29) is 29.2 Å². The molecule has 2 aromatic carbocycles. The number of benzene rings is 2. The fourth-order valence-corrected chi connectivity index (χ4v) is 2.95. The molecule has 0 saturated heterocycles. The molecular formula is C16H16FN3O5S. The summed E-state index contributed by atoms with van der Waals surface area (Å²) in [4.78, 5) is 23.3. The predicted molar refractivity (Wildman–Crippen MR) is 89.9 cm³/mol. The van der Waals surface area contributed by atoms with Gasteiger partial charge in [0.05, 0.1) is 10.5 Å². The number of nitrogens with one attached hydrogen (secondary N) is 3. The van der Waals surface area contributed by atoms with E-state index in [2.05, 4.69) is 15.6 Å². The average Bonchev–Trinajstić information content (AvgIpc) is 2.60. The van der Waals surface area contributed by atoms with E-state index in [0.717, 1.165) is 24.3 Å². The van der Waals surface area contributed by atoms with Gasteiger partial charge in [-0.1, -0.05) is 12.1 Å². The Morgan fingerprint density at radius 2 is 1.65 bits per heavy atom. The van der Waals surface area contributed by atoms with Gasteiger partial charge in [0.2, 0.25) is 15.9 Å². The second kappa shape index (κ2) is 8.41. The topological polar surface area (TPSA) is 125 Å². The van der Waals surface area contributed by atoms with Gasteiger partial charge in [-0.2, -0.15) is 0 Å². The molecule has 138 valence electrons. The Bertz CT molecular complexity index is 900. The average molecular weight is 381 g/mol. The molecule has 2 amide bonds. The summed E-state index contributed by atoms with van der Waals surface area (Å²) >= 11 is 0. The zero-order valence-electron chi connectivity index (χ0n) is 13.4. The van der Waals surface area contributed by atoms with Crippen molar-refractivity contribution in [2.75, 3.05) is 6.54 Å². The molecule has 0 heterocycles. The Kier molecular flexibility index (Phi) is 6.26. The van der Waals surface area contributed by atoms with Gasteiger partial charge in [-0.3, -0.25) is 20.4 Å². The lowest BCUT2D eigenvalue weighted by Crippen LogP contribution is -2.42. The number of hydrazine groups is 1. The number of carbonyl (C=O) groups is 2. The summed E-state index contributed by atoms with van der Waals surface area (Å²) in [6.07, 6.45) is -0.249. The van der Waals surface area contributed by atoms with Crippen LogP contribution in [0.15, 0.2) is 53.4 Å². The van der Waals surface area contributed by atoms with Crippen molar-refractivity contribution in [1.29, 1.82) is 0 Å². The lowest BCUT2D eigenvalue weighted by molar-refractivity contribution is -0.121. The van der Waals surface area contributed by atoms with E-state index >= 15 is 0 Å². The van der Waals surface area contributed by atoms with Crippen LogP contribution in [0.25, 0.3) is 0 Å². The van der Waals surface area contributed by atoms with Crippen molar-refractivity contribution in [2.24, 2.45) is 0 Å². The fraction of sp³-hybridized carbons (Fsp3) is 0.125. The number of para-hydroxylation sites is 1. The monoisotopic (exact) mass is 381 g/mol. The van der Waals surface area contributed by atoms with E-state index in [1.54, 1.807) is 6.07 Å². The van der Waals surface area contributed by atoms with Gasteiger partial charge >= 0.3 is 0 Å². The first-order valence-electron chi connectivity index (χ1n) is 7.42. The first kappa shape index (κ1) is 19.3. The molecule has 8 nitrogen and oxygen atoms in total. The van der Waals surface area contributed by atoms with Crippen molar-refractivity contribution in [3.05, 3.63) is 59.9 Å². The SMILES string of the molecule is O=C(CCNS(=O)(=O)c1ccc(F)cc1)NNC(=O)c1ccccc1O. The number of rotatable bonds is 6. The van der Waals surface area contributed by atoms with Gasteiger partial charge in [0.25, 0.3) is 5.91 Å². The summed E-state index contributed by atoms with van der Waals surface area (Å²) in [6.45, 7) is -0.224. The Hall–Kier alpha value is -2.98. The maximum absolute atomic E-state index is 12.8. The van der Waals surface area contributed by atoms with Gasteiger partial charge in [-0.25, -0.2) is 17.5 Å². The first-order valence-corrected chi connectivity index (χ1v) is 8.90. The Morgan fingerprint density at radius 3 is 2.31 bits per heavy atom. The summed E-state index contributed by atoms with van der Waals surface area (Å²) in [7, 11) is -3.87. The van der Waals surface area contributed by atoms with Crippen molar-refractivity contribution in [2.45, 2.75) is 11.3 Å². The third-order valence-corrected chi connectivity index (χ3v) is 4.71. The number of halogens is 1. The van der Waals surface area contributed by atoms with E-state index in [0.29, 0.717) is 0 Å². The van der Waals surface area contributed by atoms with Crippen LogP contribution in [0.5, 0.6) is 5.75 Å². The lowest BCUT2D eigenvalue weighted by Gasteiger charge is -2.09. The standard InChI is InChI=1S/C16H16FN3O5S/c17-11-5-7-12(8-6-11)26(24,25)18-10-9-15(22)19-20-16(23)13-3-1-2-4-14(13)21/h1-8,18,21H,9-10H2,(H,19,22)(H,20,23). The highest BCUT2D eigenvalue weighted by atomic mass is 32.2.